The summed E-state index contributed by atoms with van der Waals surface area (Å²) >= 11 is 0. The van der Waals surface area contributed by atoms with Crippen molar-refractivity contribution in [2.75, 3.05) is 12.8 Å². The third-order valence-electron chi connectivity index (χ3n) is 3.33. The average molecular weight is 313 g/mol. The van der Waals surface area contributed by atoms with Crippen LogP contribution in [0.4, 0.5) is 0 Å². The van der Waals surface area contributed by atoms with E-state index >= 15 is 0 Å². The number of sulfone groups is 1. The Labute approximate surface area is 121 Å². The van der Waals surface area contributed by atoms with Gasteiger partial charge in [0.05, 0.1) is 11.0 Å². The molecule has 0 saturated carbocycles. The summed E-state index contributed by atoms with van der Waals surface area (Å²) in [6.45, 7) is -0.0844. The van der Waals surface area contributed by atoms with Gasteiger partial charge in [-0.05, 0) is 18.2 Å². The molecule has 0 aliphatic carbocycles. The molecule has 1 fully saturated rings. The standard InChI is InChI=1S/C13H15NO6S/c1-21(19,20)10-4-2-3-8(5-10)12(16)14-7-9(15)6-11(14)13(17)18/h2-5,9,11,15H,6-7H2,1H3,(H,17,18)/t9?,11-/m0/s1. The molecular formula is C13H15NO6S. The first kappa shape index (κ1) is 15.5. The van der Waals surface area contributed by atoms with Gasteiger partial charge in [-0.15, -0.1) is 0 Å². The van der Waals surface area contributed by atoms with Crippen LogP contribution >= 0.6 is 0 Å². The number of benzene rings is 1. The first-order valence-corrected chi connectivity index (χ1v) is 8.11. The largest absolute Gasteiger partial charge is 0.480 e. The minimum absolute atomic E-state index is 0.0139. The van der Waals surface area contributed by atoms with Gasteiger partial charge in [0.15, 0.2) is 9.84 Å². The number of aliphatic hydroxyl groups excluding tert-OH is 1. The number of hydrogen-bond donors (Lipinski definition) is 2. The Bertz CT molecular complexity index is 684. The van der Waals surface area contributed by atoms with Gasteiger partial charge in [-0.2, -0.15) is 0 Å². The lowest BCUT2D eigenvalue weighted by Crippen LogP contribution is -2.40. The van der Waals surface area contributed by atoms with E-state index in [1.54, 1.807) is 0 Å². The molecule has 1 aliphatic heterocycles. The molecule has 2 rings (SSSR count). The number of amides is 1. The monoisotopic (exact) mass is 313 g/mol. The van der Waals surface area contributed by atoms with Gasteiger partial charge in [0.25, 0.3) is 5.91 Å². The third kappa shape index (κ3) is 3.22. The Hall–Kier alpha value is -1.93. The van der Waals surface area contributed by atoms with Crippen LogP contribution in [0.25, 0.3) is 0 Å². The summed E-state index contributed by atoms with van der Waals surface area (Å²) in [7, 11) is -3.46. The first-order chi connectivity index (χ1) is 9.70. The van der Waals surface area contributed by atoms with Gasteiger partial charge in [0, 0.05) is 24.8 Å². The van der Waals surface area contributed by atoms with Crippen LogP contribution in [0.2, 0.25) is 0 Å². The lowest BCUT2D eigenvalue weighted by Gasteiger charge is -2.21. The molecule has 1 aromatic carbocycles. The second-order valence-electron chi connectivity index (χ2n) is 5.00. The second kappa shape index (κ2) is 5.45. The molecule has 1 amide bonds. The van der Waals surface area contributed by atoms with Gasteiger partial charge in [-0.3, -0.25) is 4.79 Å². The molecule has 7 nitrogen and oxygen atoms in total. The summed E-state index contributed by atoms with van der Waals surface area (Å²) in [4.78, 5) is 24.5. The molecule has 1 saturated heterocycles. The number of carbonyl (C=O) groups is 2. The molecule has 8 heteroatoms. The second-order valence-corrected chi connectivity index (χ2v) is 7.02. The van der Waals surface area contributed by atoms with Gasteiger partial charge >= 0.3 is 5.97 Å². The molecule has 0 spiro atoms. The van der Waals surface area contributed by atoms with Crippen molar-refractivity contribution in [2.45, 2.75) is 23.5 Å². The van der Waals surface area contributed by atoms with Crippen molar-refractivity contribution in [3.8, 4) is 0 Å². The van der Waals surface area contributed by atoms with Crippen LogP contribution in [0.3, 0.4) is 0 Å². The smallest absolute Gasteiger partial charge is 0.326 e. The quantitative estimate of drug-likeness (QED) is 0.796. The molecule has 1 heterocycles. The predicted molar refractivity (Wildman–Crippen MR) is 72.6 cm³/mol. The zero-order chi connectivity index (χ0) is 15.8. The van der Waals surface area contributed by atoms with Crippen LogP contribution in [-0.2, 0) is 14.6 Å². The maximum absolute atomic E-state index is 12.3. The summed E-state index contributed by atoms with van der Waals surface area (Å²) < 4.78 is 23.0. The number of hydrogen-bond acceptors (Lipinski definition) is 5. The minimum Gasteiger partial charge on any atom is -0.480 e. The fraction of sp³-hybridized carbons (Fsp3) is 0.385. The zero-order valence-electron chi connectivity index (χ0n) is 11.3. The van der Waals surface area contributed by atoms with E-state index in [1.807, 2.05) is 0 Å². The topological polar surface area (TPSA) is 112 Å². The lowest BCUT2D eigenvalue weighted by atomic mass is 10.1. The van der Waals surface area contributed by atoms with Gasteiger partial charge in [-0.1, -0.05) is 6.07 Å². The Morgan fingerprint density at radius 2 is 2.00 bits per heavy atom. The maximum atomic E-state index is 12.3. The normalized spacial score (nSPS) is 22.3. The minimum atomic E-state index is -3.46. The molecule has 1 aromatic rings. The Morgan fingerprint density at radius 1 is 1.33 bits per heavy atom. The molecule has 114 valence electrons. The Kier molecular flexibility index (Phi) is 4.02. The van der Waals surface area contributed by atoms with Crippen molar-refractivity contribution in [1.29, 1.82) is 0 Å². The molecular weight excluding hydrogens is 298 g/mol. The van der Waals surface area contributed by atoms with E-state index in [0.717, 1.165) is 11.2 Å². The van der Waals surface area contributed by atoms with Crippen LogP contribution in [-0.4, -0.2) is 60.4 Å². The number of carboxylic acids is 1. The maximum Gasteiger partial charge on any atom is 0.326 e. The van der Waals surface area contributed by atoms with Crippen LogP contribution < -0.4 is 0 Å². The lowest BCUT2D eigenvalue weighted by molar-refractivity contribution is -0.141. The molecule has 2 atom stereocenters. The van der Waals surface area contributed by atoms with Crippen molar-refractivity contribution in [3.05, 3.63) is 29.8 Å². The summed E-state index contributed by atoms with van der Waals surface area (Å²) in [6.07, 6.45) is 0.0939. The highest BCUT2D eigenvalue weighted by Crippen LogP contribution is 2.22. The Morgan fingerprint density at radius 3 is 2.57 bits per heavy atom. The summed E-state index contributed by atoms with van der Waals surface area (Å²) in [6, 6.07) is 4.31. The van der Waals surface area contributed by atoms with E-state index in [2.05, 4.69) is 0 Å². The van der Waals surface area contributed by atoms with Gasteiger partial charge in [-0.25, -0.2) is 13.2 Å². The predicted octanol–water partition coefficient (Wildman–Crippen LogP) is -0.250. The van der Waals surface area contributed by atoms with Gasteiger partial charge in [0.1, 0.15) is 6.04 Å². The molecule has 1 aliphatic rings. The number of aliphatic carboxylic acids is 1. The number of rotatable bonds is 3. The van der Waals surface area contributed by atoms with Crippen molar-refractivity contribution >= 4 is 21.7 Å². The number of β-amino-alcohol motifs (C(OH)–C–C–N with tert-alkyl or cyclic N) is 1. The molecule has 0 bridgehead atoms. The average Bonchev–Trinajstić information content (AvgIpc) is 2.79. The van der Waals surface area contributed by atoms with Crippen molar-refractivity contribution in [1.82, 2.24) is 4.90 Å². The number of aliphatic hydroxyl groups is 1. The highest BCUT2D eigenvalue weighted by molar-refractivity contribution is 7.90. The van der Waals surface area contributed by atoms with E-state index in [4.69, 9.17) is 5.11 Å². The van der Waals surface area contributed by atoms with Crippen molar-refractivity contribution < 1.29 is 28.2 Å². The highest BCUT2D eigenvalue weighted by atomic mass is 32.2. The van der Waals surface area contributed by atoms with E-state index in [-0.39, 0.29) is 23.4 Å². The number of likely N-dealkylation sites (tertiary alicyclic amines) is 1. The van der Waals surface area contributed by atoms with Crippen LogP contribution in [0.15, 0.2) is 29.2 Å². The summed E-state index contributed by atoms with van der Waals surface area (Å²) in [5, 5.41) is 18.6. The zero-order valence-corrected chi connectivity index (χ0v) is 12.1. The van der Waals surface area contributed by atoms with E-state index in [1.165, 1.54) is 24.3 Å². The number of carboxylic acid groups (broad SMARTS) is 1. The van der Waals surface area contributed by atoms with E-state index in [0.29, 0.717) is 0 Å². The molecule has 0 radical (unpaired) electrons. The Balaban J connectivity index is 2.34. The highest BCUT2D eigenvalue weighted by Gasteiger charge is 2.39. The number of carbonyl (C=O) groups excluding carboxylic acids is 1. The fourth-order valence-electron chi connectivity index (χ4n) is 2.30. The molecule has 0 aromatic heterocycles. The van der Waals surface area contributed by atoms with E-state index in [9.17, 15) is 23.1 Å². The first-order valence-electron chi connectivity index (χ1n) is 6.22. The fourth-order valence-corrected chi connectivity index (χ4v) is 2.96. The molecule has 1 unspecified atom stereocenters. The molecule has 2 N–H and O–H groups in total. The molecule has 21 heavy (non-hydrogen) atoms. The summed E-state index contributed by atoms with van der Waals surface area (Å²) in [5.41, 5.74) is 0.0817. The van der Waals surface area contributed by atoms with Crippen LogP contribution in [0, 0.1) is 0 Å². The van der Waals surface area contributed by atoms with Crippen molar-refractivity contribution in [3.63, 3.8) is 0 Å². The van der Waals surface area contributed by atoms with E-state index < -0.39 is 33.9 Å². The van der Waals surface area contributed by atoms with Crippen LogP contribution in [0.1, 0.15) is 16.8 Å². The summed E-state index contributed by atoms with van der Waals surface area (Å²) in [5.74, 6) is -1.80. The third-order valence-corrected chi connectivity index (χ3v) is 4.44. The van der Waals surface area contributed by atoms with Crippen molar-refractivity contribution in [2.24, 2.45) is 0 Å². The SMILES string of the molecule is CS(=O)(=O)c1cccc(C(=O)N2CC(O)C[C@H]2C(=O)O)c1. The van der Waals surface area contributed by atoms with Gasteiger partial charge < -0.3 is 15.1 Å². The van der Waals surface area contributed by atoms with Crippen LogP contribution in [0.5, 0.6) is 0 Å². The van der Waals surface area contributed by atoms with Gasteiger partial charge in [0.2, 0.25) is 0 Å². The number of nitrogens with zero attached hydrogens (tertiary/aromatic N) is 1.